The summed E-state index contributed by atoms with van der Waals surface area (Å²) < 4.78 is 40.7. The topological polar surface area (TPSA) is 41.4 Å². The van der Waals surface area contributed by atoms with Crippen molar-refractivity contribution in [3.63, 3.8) is 0 Å². The second-order valence-corrected chi connectivity index (χ2v) is 6.13. The van der Waals surface area contributed by atoms with Gasteiger partial charge in [-0.15, -0.1) is 0 Å². The second-order valence-electron chi connectivity index (χ2n) is 6.13. The van der Waals surface area contributed by atoms with Gasteiger partial charge in [0.1, 0.15) is 0 Å². The first-order valence-electron chi connectivity index (χ1n) is 7.79. The lowest BCUT2D eigenvalue weighted by Gasteiger charge is -2.23. The third kappa shape index (κ3) is 3.36. The fraction of sp³-hybridized carbons (Fsp3) is 0.733. The molecule has 1 fully saturated rings. The molecule has 8 heteroatoms. The van der Waals surface area contributed by atoms with Crippen LogP contribution in [0.2, 0.25) is 0 Å². The van der Waals surface area contributed by atoms with Crippen molar-refractivity contribution in [1.82, 2.24) is 19.6 Å². The number of nitrogens with zero attached hydrogens (tertiary/aromatic N) is 4. The summed E-state index contributed by atoms with van der Waals surface area (Å²) in [6.07, 6.45) is -2.67. The Hall–Kier alpha value is -1.57. The van der Waals surface area contributed by atoms with E-state index >= 15 is 0 Å². The highest BCUT2D eigenvalue weighted by atomic mass is 19.4. The van der Waals surface area contributed by atoms with Gasteiger partial charge in [0.05, 0.1) is 11.8 Å². The van der Waals surface area contributed by atoms with Crippen LogP contribution in [0.5, 0.6) is 0 Å². The fourth-order valence-electron chi connectivity index (χ4n) is 3.26. The summed E-state index contributed by atoms with van der Waals surface area (Å²) in [5.41, 5.74) is -1.31. The Morgan fingerprint density at radius 1 is 1.35 bits per heavy atom. The van der Waals surface area contributed by atoms with E-state index in [4.69, 9.17) is 0 Å². The van der Waals surface area contributed by atoms with Crippen molar-refractivity contribution in [2.75, 3.05) is 27.2 Å². The molecule has 1 aromatic heterocycles. The first-order chi connectivity index (χ1) is 10.7. The SMILES string of the molecule is CC[C@H]1CN(C(=O)c2cnn(CC)c2C(F)(F)F)C[C@H]1N(C)C. The largest absolute Gasteiger partial charge is 0.433 e. The molecule has 5 nitrogen and oxygen atoms in total. The lowest BCUT2D eigenvalue weighted by Crippen LogP contribution is -2.36. The maximum Gasteiger partial charge on any atom is 0.433 e. The molecule has 0 spiro atoms. The molecule has 2 rings (SSSR count). The number of halogens is 3. The number of rotatable bonds is 4. The van der Waals surface area contributed by atoms with E-state index in [0.717, 1.165) is 17.3 Å². The van der Waals surface area contributed by atoms with Gasteiger partial charge in [-0.05, 0) is 26.9 Å². The van der Waals surface area contributed by atoms with Crippen molar-refractivity contribution in [3.05, 3.63) is 17.5 Å². The normalized spacial score (nSPS) is 22.2. The molecule has 0 aromatic carbocycles. The van der Waals surface area contributed by atoms with E-state index < -0.39 is 17.8 Å². The summed E-state index contributed by atoms with van der Waals surface area (Å²) in [4.78, 5) is 16.2. The van der Waals surface area contributed by atoms with E-state index in [1.165, 1.54) is 4.90 Å². The molecule has 0 saturated carbocycles. The monoisotopic (exact) mass is 332 g/mol. The van der Waals surface area contributed by atoms with Crippen molar-refractivity contribution in [2.45, 2.75) is 39.0 Å². The van der Waals surface area contributed by atoms with E-state index in [9.17, 15) is 18.0 Å². The highest BCUT2D eigenvalue weighted by Crippen LogP contribution is 2.33. The smallest absolute Gasteiger partial charge is 0.337 e. The Kier molecular flexibility index (Phi) is 5.03. The predicted octanol–water partition coefficient (Wildman–Crippen LogP) is 2.33. The number of aromatic nitrogens is 2. The van der Waals surface area contributed by atoms with E-state index in [1.807, 2.05) is 25.9 Å². The van der Waals surface area contributed by atoms with E-state index in [0.29, 0.717) is 13.1 Å². The van der Waals surface area contributed by atoms with Gasteiger partial charge in [0, 0.05) is 25.7 Å². The minimum absolute atomic E-state index is 0.0695. The van der Waals surface area contributed by atoms with E-state index in [-0.39, 0.29) is 24.1 Å². The zero-order chi connectivity index (χ0) is 17.4. The number of alkyl halides is 3. The van der Waals surface area contributed by atoms with Crippen molar-refractivity contribution < 1.29 is 18.0 Å². The van der Waals surface area contributed by atoms with Gasteiger partial charge in [0.25, 0.3) is 5.91 Å². The van der Waals surface area contributed by atoms with Crippen molar-refractivity contribution in [1.29, 1.82) is 0 Å². The van der Waals surface area contributed by atoms with E-state index in [2.05, 4.69) is 5.10 Å². The third-order valence-electron chi connectivity index (χ3n) is 4.52. The maximum absolute atomic E-state index is 13.3. The zero-order valence-corrected chi connectivity index (χ0v) is 13.9. The van der Waals surface area contributed by atoms with Crippen molar-refractivity contribution in [3.8, 4) is 0 Å². The molecule has 2 heterocycles. The number of amides is 1. The highest BCUT2D eigenvalue weighted by molar-refractivity contribution is 5.95. The minimum atomic E-state index is -4.59. The molecule has 1 aromatic rings. The third-order valence-corrected chi connectivity index (χ3v) is 4.52. The number of aryl methyl sites for hydroxylation is 1. The standard InChI is InChI=1S/C15H23F3N4O/c1-5-10-8-21(9-12(10)20(3)4)14(23)11-7-19-22(6-2)13(11)15(16,17)18/h7,10,12H,5-6,8-9H2,1-4H3/t10-,12+/m0/s1. The summed E-state index contributed by atoms with van der Waals surface area (Å²) in [7, 11) is 3.86. The predicted molar refractivity (Wildman–Crippen MR) is 80.1 cm³/mol. The van der Waals surface area contributed by atoms with Crippen LogP contribution in [0.3, 0.4) is 0 Å². The number of carbonyl (C=O) groups is 1. The number of carbonyl (C=O) groups excluding carboxylic acids is 1. The van der Waals surface area contributed by atoms with Crippen LogP contribution < -0.4 is 0 Å². The Bertz CT molecular complexity index is 568. The number of hydrogen-bond acceptors (Lipinski definition) is 3. The van der Waals surface area contributed by atoms with Crippen molar-refractivity contribution >= 4 is 5.91 Å². The van der Waals surface area contributed by atoms with Crippen LogP contribution >= 0.6 is 0 Å². The van der Waals surface area contributed by atoms with Gasteiger partial charge in [-0.1, -0.05) is 13.3 Å². The Morgan fingerprint density at radius 3 is 2.43 bits per heavy atom. The molecule has 23 heavy (non-hydrogen) atoms. The Morgan fingerprint density at radius 2 is 2.00 bits per heavy atom. The molecular formula is C15H23F3N4O. The highest BCUT2D eigenvalue weighted by Gasteiger charge is 2.43. The van der Waals surface area contributed by atoms with Gasteiger partial charge >= 0.3 is 6.18 Å². The summed E-state index contributed by atoms with van der Waals surface area (Å²) in [6.45, 7) is 4.60. The quantitative estimate of drug-likeness (QED) is 0.850. The van der Waals surface area contributed by atoms with E-state index in [1.54, 1.807) is 6.92 Å². The molecule has 0 aliphatic carbocycles. The van der Waals surface area contributed by atoms with Gasteiger partial charge in [0.2, 0.25) is 0 Å². The van der Waals surface area contributed by atoms with Crippen LogP contribution in [0.4, 0.5) is 13.2 Å². The van der Waals surface area contributed by atoms with Crippen LogP contribution in [-0.2, 0) is 12.7 Å². The van der Waals surface area contributed by atoms with Gasteiger partial charge < -0.3 is 9.80 Å². The van der Waals surface area contributed by atoms with Crippen LogP contribution in [-0.4, -0.2) is 58.7 Å². The lowest BCUT2D eigenvalue weighted by atomic mass is 10.0. The Labute approximate surface area is 134 Å². The van der Waals surface area contributed by atoms with Crippen LogP contribution in [0.25, 0.3) is 0 Å². The molecule has 1 saturated heterocycles. The second kappa shape index (κ2) is 6.51. The van der Waals surface area contributed by atoms with Gasteiger partial charge in [-0.25, -0.2) is 0 Å². The average molecular weight is 332 g/mol. The summed E-state index contributed by atoms with van der Waals surface area (Å²) >= 11 is 0. The maximum atomic E-state index is 13.3. The number of likely N-dealkylation sites (N-methyl/N-ethyl adjacent to an activating group) is 1. The zero-order valence-electron chi connectivity index (χ0n) is 13.9. The van der Waals surface area contributed by atoms with Gasteiger partial charge in [-0.3, -0.25) is 9.48 Å². The first-order valence-corrected chi connectivity index (χ1v) is 7.79. The molecule has 1 aliphatic rings. The van der Waals surface area contributed by atoms with Crippen LogP contribution in [0, 0.1) is 5.92 Å². The van der Waals surface area contributed by atoms with Crippen molar-refractivity contribution in [2.24, 2.45) is 5.92 Å². The summed E-state index contributed by atoms with van der Waals surface area (Å²) in [5, 5.41) is 3.73. The first kappa shape index (κ1) is 17.8. The van der Waals surface area contributed by atoms with Crippen LogP contribution in [0.1, 0.15) is 36.3 Å². The molecule has 130 valence electrons. The minimum Gasteiger partial charge on any atom is -0.337 e. The summed E-state index contributed by atoms with van der Waals surface area (Å²) in [5.74, 6) is -0.315. The molecule has 0 bridgehead atoms. The molecule has 1 aliphatic heterocycles. The van der Waals surface area contributed by atoms with Gasteiger partial charge in [-0.2, -0.15) is 18.3 Å². The van der Waals surface area contributed by atoms with Gasteiger partial charge in [0.15, 0.2) is 5.69 Å². The molecule has 2 atom stereocenters. The fourth-order valence-corrected chi connectivity index (χ4v) is 3.26. The summed E-state index contributed by atoms with van der Waals surface area (Å²) in [6, 6.07) is 0.166. The Balaban J connectivity index is 2.30. The molecule has 1 amide bonds. The number of hydrogen-bond donors (Lipinski definition) is 0. The van der Waals surface area contributed by atoms with Crippen LogP contribution in [0.15, 0.2) is 6.20 Å². The molecular weight excluding hydrogens is 309 g/mol. The molecule has 0 unspecified atom stereocenters. The lowest BCUT2D eigenvalue weighted by molar-refractivity contribution is -0.144. The number of likely N-dealkylation sites (tertiary alicyclic amines) is 1. The molecule has 0 radical (unpaired) electrons. The average Bonchev–Trinajstić information content (AvgIpc) is 3.09. The molecule has 0 N–H and O–H groups in total.